The third kappa shape index (κ3) is 3.50. The van der Waals surface area contributed by atoms with Crippen LogP contribution in [0.15, 0.2) is 42.0 Å². The molecule has 0 spiro atoms. The maximum absolute atomic E-state index is 12.3. The number of hydrogen-bond donors (Lipinski definition) is 2. The minimum Gasteiger partial charge on any atom is -0.486 e. The van der Waals surface area contributed by atoms with Crippen LogP contribution in [-0.4, -0.2) is 34.1 Å². The lowest BCUT2D eigenvalue weighted by Gasteiger charge is -2.18. The number of nitrogens with zero attached hydrogens (tertiary/aromatic N) is 3. The first-order chi connectivity index (χ1) is 12.3. The molecule has 0 fully saturated rings. The molecule has 0 bridgehead atoms. The van der Waals surface area contributed by atoms with E-state index in [0.717, 1.165) is 0 Å². The first-order valence-corrected chi connectivity index (χ1v) is 8.36. The number of hydrogen-bond acceptors (Lipinski definition) is 8. The van der Waals surface area contributed by atoms with Crippen molar-refractivity contribution in [3.05, 3.63) is 47.7 Å². The number of fused-ring (bicyclic) bond motifs is 1. The molecule has 2 aromatic heterocycles. The molecule has 3 aromatic rings. The highest BCUT2D eigenvalue weighted by Gasteiger charge is 2.15. The van der Waals surface area contributed by atoms with Gasteiger partial charge in [-0.1, -0.05) is 0 Å². The molecule has 25 heavy (non-hydrogen) atoms. The van der Waals surface area contributed by atoms with E-state index >= 15 is 0 Å². The van der Waals surface area contributed by atoms with Crippen LogP contribution in [-0.2, 0) is 0 Å². The number of nitrogens with one attached hydrogen (secondary N) is 2. The third-order valence-electron chi connectivity index (χ3n) is 3.32. The van der Waals surface area contributed by atoms with Gasteiger partial charge in [-0.2, -0.15) is 0 Å². The molecule has 0 saturated carbocycles. The molecule has 0 radical (unpaired) electrons. The number of carbonyl (C=O) groups is 1. The van der Waals surface area contributed by atoms with Crippen molar-refractivity contribution in [2.75, 3.05) is 23.8 Å². The summed E-state index contributed by atoms with van der Waals surface area (Å²) in [5, 5.41) is 7.95. The van der Waals surface area contributed by atoms with Gasteiger partial charge in [0.05, 0.1) is 0 Å². The van der Waals surface area contributed by atoms with Crippen molar-refractivity contribution in [2.45, 2.75) is 0 Å². The van der Waals surface area contributed by atoms with Crippen LogP contribution in [0.4, 0.5) is 16.8 Å². The van der Waals surface area contributed by atoms with E-state index in [9.17, 15) is 4.79 Å². The monoisotopic (exact) mass is 355 g/mol. The Bertz CT molecular complexity index is 900. The topological polar surface area (TPSA) is 98.3 Å². The zero-order valence-corrected chi connectivity index (χ0v) is 13.7. The van der Waals surface area contributed by atoms with Crippen LogP contribution in [0.3, 0.4) is 0 Å². The van der Waals surface area contributed by atoms with Crippen LogP contribution in [0.25, 0.3) is 0 Å². The summed E-state index contributed by atoms with van der Waals surface area (Å²) in [7, 11) is 0. The first-order valence-electron chi connectivity index (χ1n) is 7.48. The Morgan fingerprint density at radius 2 is 1.92 bits per heavy atom. The molecule has 1 amide bonds. The Morgan fingerprint density at radius 1 is 1.12 bits per heavy atom. The van der Waals surface area contributed by atoms with E-state index in [2.05, 4.69) is 25.6 Å². The smallest absolute Gasteiger partial charge is 0.275 e. The van der Waals surface area contributed by atoms with Crippen molar-refractivity contribution in [3.8, 4) is 11.5 Å². The van der Waals surface area contributed by atoms with Gasteiger partial charge in [0.25, 0.3) is 5.91 Å². The minimum atomic E-state index is -0.310. The molecule has 9 heteroatoms. The second kappa shape index (κ2) is 6.73. The van der Waals surface area contributed by atoms with E-state index in [1.54, 1.807) is 42.0 Å². The number of ether oxygens (including phenoxy) is 2. The van der Waals surface area contributed by atoms with E-state index < -0.39 is 0 Å². The van der Waals surface area contributed by atoms with Gasteiger partial charge >= 0.3 is 0 Å². The van der Waals surface area contributed by atoms with Gasteiger partial charge in [-0.15, -0.1) is 11.3 Å². The average Bonchev–Trinajstić information content (AvgIpc) is 3.11. The maximum Gasteiger partial charge on any atom is 0.275 e. The molecule has 3 heterocycles. The normalized spacial score (nSPS) is 12.5. The summed E-state index contributed by atoms with van der Waals surface area (Å²) >= 11 is 1.30. The Hall–Kier alpha value is -3.20. The van der Waals surface area contributed by atoms with Gasteiger partial charge in [-0.3, -0.25) is 4.79 Å². The zero-order valence-electron chi connectivity index (χ0n) is 12.9. The molecule has 1 aliphatic heterocycles. The number of amides is 1. The van der Waals surface area contributed by atoms with E-state index in [0.29, 0.717) is 47.2 Å². The standard InChI is InChI=1S/C16H13N5O3S/c22-14(19-10-2-3-12-13(8-10)24-7-6-23-12)11-9-25-16(20-11)21-15-17-4-1-5-18-15/h1-5,8-9H,6-7H2,(H,19,22)(H,17,18,20,21). The van der Waals surface area contributed by atoms with E-state index in [-0.39, 0.29) is 5.91 Å². The lowest BCUT2D eigenvalue weighted by atomic mass is 10.2. The van der Waals surface area contributed by atoms with E-state index in [1.165, 1.54) is 11.3 Å². The highest BCUT2D eigenvalue weighted by molar-refractivity contribution is 7.14. The molecule has 0 unspecified atom stereocenters. The Balaban J connectivity index is 1.45. The molecule has 126 valence electrons. The van der Waals surface area contributed by atoms with Crippen molar-refractivity contribution < 1.29 is 14.3 Å². The molecular weight excluding hydrogens is 342 g/mol. The lowest BCUT2D eigenvalue weighted by molar-refractivity contribution is 0.102. The summed E-state index contributed by atoms with van der Waals surface area (Å²) < 4.78 is 11.0. The predicted octanol–water partition coefficient (Wildman–Crippen LogP) is 2.70. The molecule has 0 saturated heterocycles. The number of aromatic nitrogens is 3. The van der Waals surface area contributed by atoms with Gasteiger partial charge in [-0.25, -0.2) is 15.0 Å². The first kappa shape index (κ1) is 15.3. The number of rotatable bonds is 4. The molecular formula is C16H13N5O3S. The molecule has 0 atom stereocenters. The lowest BCUT2D eigenvalue weighted by Crippen LogP contribution is -2.16. The number of benzene rings is 1. The Kier molecular flexibility index (Phi) is 4.13. The van der Waals surface area contributed by atoms with Crippen molar-refractivity contribution in [3.63, 3.8) is 0 Å². The highest BCUT2D eigenvalue weighted by Crippen LogP contribution is 2.32. The minimum absolute atomic E-state index is 0.304. The van der Waals surface area contributed by atoms with Gasteiger partial charge in [0.15, 0.2) is 16.6 Å². The molecule has 0 aliphatic carbocycles. The van der Waals surface area contributed by atoms with Crippen LogP contribution < -0.4 is 20.1 Å². The van der Waals surface area contributed by atoms with Gasteiger partial charge < -0.3 is 20.1 Å². The molecule has 8 nitrogen and oxygen atoms in total. The number of carbonyl (C=O) groups excluding carboxylic acids is 1. The fraction of sp³-hybridized carbons (Fsp3) is 0.125. The fourth-order valence-corrected chi connectivity index (χ4v) is 2.90. The summed E-state index contributed by atoms with van der Waals surface area (Å²) in [6.45, 7) is 1.02. The summed E-state index contributed by atoms with van der Waals surface area (Å²) in [6, 6.07) is 6.98. The van der Waals surface area contributed by atoms with Gasteiger partial charge in [-0.05, 0) is 18.2 Å². The molecule has 1 aromatic carbocycles. The average molecular weight is 355 g/mol. The van der Waals surface area contributed by atoms with Crippen LogP contribution >= 0.6 is 11.3 Å². The third-order valence-corrected chi connectivity index (χ3v) is 4.08. The summed E-state index contributed by atoms with van der Waals surface area (Å²) in [5.41, 5.74) is 0.918. The molecule has 1 aliphatic rings. The maximum atomic E-state index is 12.3. The van der Waals surface area contributed by atoms with Gasteiger partial charge in [0.2, 0.25) is 5.95 Å². The van der Waals surface area contributed by atoms with E-state index in [1.807, 2.05) is 0 Å². The van der Waals surface area contributed by atoms with Crippen LogP contribution in [0, 0.1) is 0 Å². The number of thiazole rings is 1. The SMILES string of the molecule is O=C(Nc1ccc2c(c1)OCCO2)c1csc(Nc2ncccn2)n1. The number of anilines is 3. The quantitative estimate of drug-likeness (QED) is 0.742. The second-order valence-electron chi connectivity index (χ2n) is 5.05. The van der Waals surface area contributed by atoms with Crippen molar-refractivity contribution in [1.82, 2.24) is 15.0 Å². The fourth-order valence-electron chi connectivity index (χ4n) is 2.21. The highest BCUT2D eigenvalue weighted by atomic mass is 32.1. The zero-order chi connectivity index (χ0) is 17.1. The van der Waals surface area contributed by atoms with Gasteiger partial charge in [0.1, 0.15) is 18.9 Å². The van der Waals surface area contributed by atoms with E-state index in [4.69, 9.17) is 9.47 Å². The van der Waals surface area contributed by atoms with Crippen LogP contribution in [0.1, 0.15) is 10.5 Å². The molecule has 2 N–H and O–H groups in total. The summed E-state index contributed by atoms with van der Waals surface area (Å²) in [5.74, 6) is 1.41. The summed E-state index contributed by atoms with van der Waals surface area (Å²) in [4.78, 5) is 24.7. The van der Waals surface area contributed by atoms with Crippen molar-refractivity contribution in [1.29, 1.82) is 0 Å². The van der Waals surface area contributed by atoms with Crippen molar-refractivity contribution >= 4 is 34.0 Å². The Morgan fingerprint density at radius 3 is 2.76 bits per heavy atom. The van der Waals surface area contributed by atoms with Crippen LogP contribution in [0.2, 0.25) is 0 Å². The van der Waals surface area contributed by atoms with Crippen molar-refractivity contribution in [2.24, 2.45) is 0 Å². The largest absolute Gasteiger partial charge is 0.486 e. The second-order valence-corrected chi connectivity index (χ2v) is 5.91. The Labute approximate surface area is 146 Å². The predicted molar refractivity (Wildman–Crippen MR) is 92.8 cm³/mol. The molecule has 4 rings (SSSR count). The summed E-state index contributed by atoms with van der Waals surface area (Å²) in [6.07, 6.45) is 3.25. The van der Waals surface area contributed by atoms with Crippen LogP contribution in [0.5, 0.6) is 11.5 Å². The van der Waals surface area contributed by atoms with Gasteiger partial charge in [0, 0.05) is 29.5 Å².